The molecule has 0 saturated heterocycles. The van der Waals surface area contributed by atoms with E-state index in [9.17, 15) is 9.18 Å². The van der Waals surface area contributed by atoms with Crippen LogP contribution < -0.4 is 10.6 Å². The molecule has 2 atom stereocenters. The number of anilines is 2. The molecule has 1 aliphatic heterocycles. The molecular formula is C22H29FN4O3. The highest BCUT2D eigenvalue weighted by Gasteiger charge is 2.21. The molecule has 7 nitrogen and oxygen atoms in total. The van der Waals surface area contributed by atoms with E-state index >= 15 is 0 Å². The number of nitrogens with zero attached hydrogens (tertiary/aromatic N) is 2. The molecule has 30 heavy (non-hydrogen) atoms. The molecule has 0 aliphatic carbocycles. The maximum atomic E-state index is 13.4. The number of hydrogen-bond acceptors (Lipinski definition) is 6. The van der Waals surface area contributed by atoms with Gasteiger partial charge in [0.15, 0.2) is 0 Å². The van der Waals surface area contributed by atoms with E-state index in [1.165, 1.54) is 12.3 Å². The van der Waals surface area contributed by atoms with Gasteiger partial charge in [0.2, 0.25) is 0 Å². The van der Waals surface area contributed by atoms with Crippen LogP contribution in [-0.2, 0) is 22.3 Å². The Hall–Kier alpha value is -2.58. The van der Waals surface area contributed by atoms with E-state index < -0.39 is 5.82 Å². The molecule has 0 bridgehead atoms. The number of aromatic nitrogens is 2. The summed E-state index contributed by atoms with van der Waals surface area (Å²) in [6.07, 6.45) is 4.86. The van der Waals surface area contributed by atoms with Crippen LogP contribution in [0.3, 0.4) is 0 Å². The lowest BCUT2D eigenvalue weighted by Crippen LogP contribution is -2.25. The van der Waals surface area contributed by atoms with Crippen molar-refractivity contribution in [3.05, 3.63) is 47.2 Å². The van der Waals surface area contributed by atoms with Gasteiger partial charge in [0.1, 0.15) is 11.6 Å². The third-order valence-corrected chi connectivity index (χ3v) is 5.01. The maximum absolute atomic E-state index is 13.4. The second-order valence-electron chi connectivity index (χ2n) is 7.49. The minimum absolute atomic E-state index is 0.000427. The smallest absolute Gasteiger partial charge is 0.256 e. The van der Waals surface area contributed by atoms with Gasteiger partial charge in [-0.15, -0.1) is 0 Å². The van der Waals surface area contributed by atoms with Gasteiger partial charge in [0.05, 0.1) is 43.5 Å². The highest BCUT2D eigenvalue weighted by Crippen LogP contribution is 2.23. The fraction of sp³-hybridized carbons (Fsp3) is 0.500. The summed E-state index contributed by atoms with van der Waals surface area (Å²) in [5.41, 5.74) is 2.52. The number of carbonyl (C=O) groups excluding carboxylic acids is 1. The summed E-state index contributed by atoms with van der Waals surface area (Å²) in [6.45, 7) is 7.79. The number of amides is 1. The summed E-state index contributed by atoms with van der Waals surface area (Å²) >= 11 is 0. The first-order valence-corrected chi connectivity index (χ1v) is 10.4. The lowest BCUT2D eigenvalue weighted by molar-refractivity contribution is 0.0140. The summed E-state index contributed by atoms with van der Waals surface area (Å²) in [5, 5.41) is 6.02. The zero-order chi connectivity index (χ0) is 21.5. The number of ether oxygens (including phenoxy) is 2. The van der Waals surface area contributed by atoms with Gasteiger partial charge < -0.3 is 20.1 Å². The lowest BCUT2D eigenvalue weighted by Gasteiger charge is -2.20. The van der Waals surface area contributed by atoms with E-state index in [4.69, 9.17) is 14.5 Å². The van der Waals surface area contributed by atoms with Crippen LogP contribution in [-0.4, -0.2) is 47.8 Å². The minimum Gasteiger partial charge on any atom is -0.381 e. The number of hydrogen-bond donors (Lipinski definition) is 2. The first kappa shape index (κ1) is 22.1. The van der Waals surface area contributed by atoms with Gasteiger partial charge in [-0.05, 0) is 38.3 Å². The zero-order valence-corrected chi connectivity index (χ0v) is 17.7. The van der Waals surface area contributed by atoms with Crippen molar-refractivity contribution < 1.29 is 18.7 Å². The van der Waals surface area contributed by atoms with Gasteiger partial charge >= 0.3 is 0 Å². The van der Waals surface area contributed by atoms with E-state index in [0.29, 0.717) is 49.7 Å². The van der Waals surface area contributed by atoms with Crippen molar-refractivity contribution in [1.82, 2.24) is 9.97 Å². The number of nitrogens with one attached hydrogen (secondary N) is 2. The van der Waals surface area contributed by atoms with Gasteiger partial charge in [-0.3, -0.25) is 9.78 Å². The van der Waals surface area contributed by atoms with E-state index in [1.54, 1.807) is 6.07 Å². The molecular weight excluding hydrogens is 387 g/mol. The van der Waals surface area contributed by atoms with Crippen molar-refractivity contribution in [2.45, 2.75) is 52.2 Å². The van der Waals surface area contributed by atoms with Crippen LogP contribution in [0.5, 0.6) is 0 Å². The van der Waals surface area contributed by atoms with Crippen LogP contribution in [0.15, 0.2) is 24.5 Å². The fourth-order valence-corrected chi connectivity index (χ4v) is 3.32. The van der Waals surface area contributed by atoms with Crippen molar-refractivity contribution >= 4 is 17.4 Å². The van der Waals surface area contributed by atoms with E-state index in [0.717, 1.165) is 23.9 Å². The Kier molecular flexibility index (Phi) is 7.70. The molecule has 0 unspecified atom stereocenters. The van der Waals surface area contributed by atoms with E-state index in [1.807, 2.05) is 13.8 Å². The zero-order valence-electron chi connectivity index (χ0n) is 17.7. The second-order valence-corrected chi connectivity index (χ2v) is 7.49. The summed E-state index contributed by atoms with van der Waals surface area (Å²) in [6, 6.07) is 2.98. The normalized spacial score (nSPS) is 15.6. The van der Waals surface area contributed by atoms with Crippen LogP contribution in [0.2, 0.25) is 0 Å². The predicted octanol–water partition coefficient (Wildman–Crippen LogP) is 3.60. The molecule has 0 spiro atoms. The quantitative estimate of drug-likeness (QED) is 0.684. The van der Waals surface area contributed by atoms with E-state index in [-0.39, 0.29) is 18.1 Å². The molecule has 8 heteroatoms. The lowest BCUT2D eigenvalue weighted by atomic mass is 10.0. The molecule has 2 aromatic heterocycles. The van der Waals surface area contributed by atoms with Crippen molar-refractivity contribution in [3.8, 4) is 0 Å². The summed E-state index contributed by atoms with van der Waals surface area (Å²) in [4.78, 5) is 21.5. The highest BCUT2D eigenvalue weighted by molar-refractivity contribution is 6.05. The largest absolute Gasteiger partial charge is 0.381 e. The SMILES string of the molecule is CC[C@H](C)O[C@H](C)CNc1cc(C(=O)Nc2cncc(F)c2)c2c(n1)CCOCC2. The molecule has 0 radical (unpaired) electrons. The monoisotopic (exact) mass is 416 g/mol. The third-order valence-electron chi connectivity index (χ3n) is 5.01. The van der Waals surface area contributed by atoms with Gasteiger partial charge in [-0.1, -0.05) is 6.92 Å². The molecule has 0 aromatic carbocycles. The van der Waals surface area contributed by atoms with Gasteiger partial charge in [-0.2, -0.15) is 0 Å². The average molecular weight is 416 g/mol. The summed E-state index contributed by atoms with van der Waals surface area (Å²) < 4.78 is 24.9. The molecule has 0 saturated carbocycles. The number of rotatable bonds is 8. The van der Waals surface area contributed by atoms with Crippen molar-refractivity contribution in [2.75, 3.05) is 30.4 Å². The standard InChI is InChI=1S/C22H29FN4O3/c1-4-14(2)30-15(3)11-25-21-10-19(18-5-7-29-8-6-20(18)27-21)22(28)26-17-9-16(23)12-24-13-17/h9-10,12-15H,4-8,11H2,1-3H3,(H,25,27)(H,26,28)/t14-,15+/m0/s1. The Morgan fingerprint density at radius 1 is 1.23 bits per heavy atom. The van der Waals surface area contributed by atoms with Crippen LogP contribution in [0.4, 0.5) is 15.9 Å². The Morgan fingerprint density at radius 3 is 2.80 bits per heavy atom. The molecule has 0 fully saturated rings. The van der Waals surface area contributed by atoms with Crippen LogP contribution >= 0.6 is 0 Å². The van der Waals surface area contributed by atoms with Crippen LogP contribution in [0.25, 0.3) is 0 Å². The van der Waals surface area contributed by atoms with Crippen molar-refractivity contribution in [2.24, 2.45) is 0 Å². The van der Waals surface area contributed by atoms with Gasteiger partial charge in [-0.25, -0.2) is 9.37 Å². The molecule has 3 heterocycles. The number of carbonyl (C=O) groups is 1. The molecule has 2 aromatic rings. The number of fused-ring (bicyclic) bond motifs is 1. The Morgan fingerprint density at radius 2 is 2.03 bits per heavy atom. The Bertz CT molecular complexity index is 877. The molecule has 162 valence electrons. The molecule has 1 amide bonds. The second kappa shape index (κ2) is 10.4. The third kappa shape index (κ3) is 5.96. The number of pyridine rings is 2. The fourth-order valence-electron chi connectivity index (χ4n) is 3.32. The van der Waals surface area contributed by atoms with E-state index in [2.05, 4.69) is 22.5 Å². The Balaban J connectivity index is 1.81. The average Bonchev–Trinajstić information content (AvgIpc) is 2.97. The van der Waals surface area contributed by atoms with Crippen molar-refractivity contribution in [3.63, 3.8) is 0 Å². The molecule has 2 N–H and O–H groups in total. The summed E-state index contributed by atoms with van der Waals surface area (Å²) in [5.74, 6) is -0.222. The minimum atomic E-state index is -0.507. The first-order chi connectivity index (χ1) is 14.5. The van der Waals surface area contributed by atoms with Crippen LogP contribution in [0.1, 0.15) is 48.8 Å². The molecule has 1 aliphatic rings. The highest BCUT2D eigenvalue weighted by atomic mass is 19.1. The van der Waals surface area contributed by atoms with Gasteiger partial charge in [0.25, 0.3) is 5.91 Å². The predicted molar refractivity (Wildman–Crippen MR) is 113 cm³/mol. The summed E-state index contributed by atoms with van der Waals surface area (Å²) in [7, 11) is 0. The van der Waals surface area contributed by atoms with Gasteiger partial charge in [0, 0.05) is 30.3 Å². The number of halogens is 1. The Labute approximate surface area is 176 Å². The maximum Gasteiger partial charge on any atom is 0.256 e. The topological polar surface area (TPSA) is 85.4 Å². The van der Waals surface area contributed by atoms with Crippen LogP contribution in [0, 0.1) is 5.82 Å². The molecule has 3 rings (SSSR count). The first-order valence-electron chi connectivity index (χ1n) is 10.4. The van der Waals surface area contributed by atoms with Crippen molar-refractivity contribution in [1.29, 1.82) is 0 Å².